The summed E-state index contributed by atoms with van der Waals surface area (Å²) in [5, 5.41) is 0.894. The first kappa shape index (κ1) is 15.4. The standard InChI is InChI=1S/C17H23NO3/c1-6-18-12(5)16(17(19)20-7-2)14-10-13(21-11(3)4)8-9-15(14)18/h8-11H,6-7H2,1-5H3. The largest absolute Gasteiger partial charge is 0.491 e. The van der Waals surface area contributed by atoms with Crippen molar-refractivity contribution < 1.29 is 14.3 Å². The maximum atomic E-state index is 12.3. The number of fused-ring (bicyclic) bond motifs is 1. The van der Waals surface area contributed by atoms with Crippen molar-refractivity contribution in [3.63, 3.8) is 0 Å². The summed E-state index contributed by atoms with van der Waals surface area (Å²) in [6, 6.07) is 5.88. The summed E-state index contributed by atoms with van der Waals surface area (Å²) in [5.74, 6) is 0.505. The molecule has 1 heterocycles. The van der Waals surface area contributed by atoms with E-state index < -0.39 is 0 Å². The molecule has 2 rings (SSSR count). The monoisotopic (exact) mass is 289 g/mol. The molecule has 0 spiro atoms. The summed E-state index contributed by atoms with van der Waals surface area (Å²) in [6.07, 6.45) is 0.0999. The van der Waals surface area contributed by atoms with Crippen LogP contribution in [0.2, 0.25) is 0 Å². The van der Waals surface area contributed by atoms with Crippen molar-refractivity contribution in [1.82, 2.24) is 4.57 Å². The molecule has 0 bridgehead atoms. The molecule has 4 heteroatoms. The smallest absolute Gasteiger partial charge is 0.340 e. The Morgan fingerprint density at radius 1 is 1.29 bits per heavy atom. The van der Waals surface area contributed by atoms with Crippen molar-refractivity contribution >= 4 is 16.9 Å². The van der Waals surface area contributed by atoms with Gasteiger partial charge in [-0.15, -0.1) is 0 Å². The van der Waals surface area contributed by atoms with E-state index in [4.69, 9.17) is 9.47 Å². The Bertz CT molecular complexity index is 656. The number of ether oxygens (including phenoxy) is 2. The van der Waals surface area contributed by atoms with Gasteiger partial charge in [0.1, 0.15) is 5.75 Å². The fraction of sp³-hybridized carbons (Fsp3) is 0.471. The van der Waals surface area contributed by atoms with Gasteiger partial charge >= 0.3 is 5.97 Å². The zero-order chi connectivity index (χ0) is 15.6. The minimum absolute atomic E-state index is 0.0999. The Morgan fingerprint density at radius 3 is 2.57 bits per heavy atom. The van der Waals surface area contributed by atoms with Gasteiger partial charge in [0, 0.05) is 23.1 Å². The predicted molar refractivity (Wildman–Crippen MR) is 84.1 cm³/mol. The molecule has 4 nitrogen and oxygen atoms in total. The summed E-state index contributed by atoms with van der Waals surface area (Å²) in [6.45, 7) is 11.0. The second kappa shape index (κ2) is 6.20. The molecule has 0 unspecified atom stereocenters. The quantitative estimate of drug-likeness (QED) is 0.783. The summed E-state index contributed by atoms with van der Waals surface area (Å²) >= 11 is 0. The summed E-state index contributed by atoms with van der Waals surface area (Å²) < 4.78 is 13.1. The Hall–Kier alpha value is -1.97. The highest BCUT2D eigenvalue weighted by Gasteiger charge is 2.21. The highest BCUT2D eigenvalue weighted by Crippen LogP contribution is 2.30. The maximum Gasteiger partial charge on any atom is 0.340 e. The van der Waals surface area contributed by atoms with Crippen LogP contribution in [-0.2, 0) is 11.3 Å². The summed E-state index contributed by atoms with van der Waals surface area (Å²) in [5.41, 5.74) is 2.62. The predicted octanol–water partition coefficient (Wildman–Crippen LogP) is 3.93. The Balaban J connectivity index is 2.63. The average Bonchev–Trinajstić information content (AvgIpc) is 2.69. The Kier molecular flexibility index (Phi) is 4.56. The van der Waals surface area contributed by atoms with Gasteiger partial charge in [0.2, 0.25) is 0 Å². The van der Waals surface area contributed by atoms with Gasteiger partial charge in [-0.05, 0) is 52.8 Å². The van der Waals surface area contributed by atoms with E-state index in [9.17, 15) is 4.79 Å². The fourth-order valence-electron chi connectivity index (χ4n) is 2.68. The van der Waals surface area contributed by atoms with Gasteiger partial charge in [0.25, 0.3) is 0 Å². The van der Waals surface area contributed by atoms with E-state index in [2.05, 4.69) is 11.5 Å². The highest BCUT2D eigenvalue weighted by atomic mass is 16.5. The molecule has 0 fully saturated rings. The van der Waals surface area contributed by atoms with Crippen LogP contribution in [0.5, 0.6) is 5.75 Å². The first-order valence-corrected chi connectivity index (χ1v) is 7.46. The lowest BCUT2D eigenvalue weighted by Crippen LogP contribution is -2.07. The van der Waals surface area contributed by atoms with Crippen molar-refractivity contribution in [2.45, 2.75) is 47.3 Å². The van der Waals surface area contributed by atoms with Gasteiger partial charge in [-0.1, -0.05) is 0 Å². The molecule has 0 aliphatic carbocycles. The lowest BCUT2D eigenvalue weighted by Gasteiger charge is -2.10. The summed E-state index contributed by atoms with van der Waals surface area (Å²) in [7, 11) is 0. The third-order valence-electron chi connectivity index (χ3n) is 3.46. The fourth-order valence-corrected chi connectivity index (χ4v) is 2.68. The number of benzene rings is 1. The van der Waals surface area contributed by atoms with Crippen molar-refractivity contribution in [2.24, 2.45) is 0 Å². The number of hydrogen-bond donors (Lipinski definition) is 0. The number of aryl methyl sites for hydroxylation is 1. The topological polar surface area (TPSA) is 40.5 Å². The second-order valence-electron chi connectivity index (χ2n) is 5.27. The van der Waals surface area contributed by atoms with Gasteiger partial charge in [0.05, 0.1) is 18.3 Å². The van der Waals surface area contributed by atoms with Crippen LogP contribution < -0.4 is 4.74 Å². The molecule has 21 heavy (non-hydrogen) atoms. The molecule has 0 amide bonds. The van der Waals surface area contributed by atoms with E-state index >= 15 is 0 Å². The number of carbonyl (C=O) groups is 1. The lowest BCUT2D eigenvalue weighted by atomic mass is 10.1. The zero-order valence-corrected chi connectivity index (χ0v) is 13.4. The molecular formula is C17H23NO3. The van der Waals surface area contributed by atoms with Crippen LogP contribution in [0.4, 0.5) is 0 Å². The number of rotatable bonds is 5. The first-order valence-electron chi connectivity index (χ1n) is 7.46. The Morgan fingerprint density at radius 2 is 2.00 bits per heavy atom. The van der Waals surface area contributed by atoms with Gasteiger partial charge in [-0.25, -0.2) is 4.79 Å². The van der Waals surface area contributed by atoms with E-state index in [1.165, 1.54) is 0 Å². The van der Waals surface area contributed by atoms with Gasteiger partial charge in [-0.2, -0.15) is 0 Å². The van der Waals surface area contributed by atoms with Crippen LogP contribution in [0.3, 0.4) is 0 Å². The van der Waals surface area contributed by atoms with Crippen LogP contribution >= 0.6 is 0 Å². The van der Waals surface area contributed by atoms with Gasteiger partial charge in [0.15, 0.2) is 0 Å². The minimum atomic E-state index is -0.270. The van der Waals surface area contributed by atoms with Crippen molar-refractivity contribution in [3.8, 4) is 5.75 Å². The van der Waals surface area contributed by atoms with E-state index in [0.29, 0.717) is 12.2 Å². The zero-order valence-electron chi connectivity index (χ0n) is 13.4. The third-order valence-corrected chi connectivity index (χ3v) is 3.46. The maximum absolute atomic E-state index is 12.3. The molecular weight excluding hydrogens is 266 g/mol. The molecule has 0 N–H and O–H groups in total. The molecule has 0 saturated carbocycles. The number of nitrogens with zero attached hydrogens (tertiary/aromatic N) is 1. The van der Waals surface area contributed by atoms with Crippen molar-refractivity contribution in [1.29, 1.82) is 0 Å². The second-order valence-corrected chi connectivity index (χ2v) is 5.27. The molecule has 0 aliphatic heterocycles. The van der Waals surface area contributed by atoms with Crippen LogP contribution in [0.15, 0.2) is 18.2 Å². The first-order chi connectivity index (χ1) is 9.99. The van der Waals surface area contributed by atoms with Crippen LogP contribution in [0, 0.1) is 6.92 Å². The number of hydrogen-bond acceptors (Lipinski definition) is 3. The lowest BCUT2D eigenvalue weighted by molar-refractivity contribution is 0.0527. The van der Waals surface area contributed by atoms with Gasteiger partial charge in [-0.3, -0.25) is 0 Å². The average molecular weight is 289 g/mol. The van der Waals surface area contributed by atoms with Crippen LogP contribution in [0.25, 0.3) is 10.9 Å². The highest BCUT2D eigenvalue weighted by molar-refractivity contribution is 6.06. The summed E-state index contributed by atoms with van der Waals surface area (Å²) in [4.78, 5) is 12.3. The Labute approximate surface area is 125 Å². The van der Waals surface area contributed by atoms with Gasteiger partial charge < -0.3 is 14.0 Å². The van der Waals surface area contributed by atoms with E-state index in [1.54, 1.807) is 0 Å². The molecule has 2 aromatic rings. The minimum Gasteiger partial charge on any atom is -0.491 e. The number of esters is 1. The van der Waals surface area contributed by atoms with Crippen LogP contribution in [-0.4, -0.2) is 23.2 Å². The van der Waals surface area contributed by atoms with E-state index in [-0.39, 0.29) is 12.1 Å². The SMILES string of the molecule is CCOC(=O)c1c(C)n(CC)c2ccc(OC(C)C)cc12. The molecule has 0 aliphatic rings. The molecule has 114 valence electrons. The van der Waals surface area contributed by atoms with Crippen LogP contribution in [0.1, 0.15) is 43.7 Å². The molecule has 1 aromatic carbocycles. The molecule has 0 saturated heterocycles. The third kappa shape index (κ3) is 2.89. The number of carbonyl (C=O) groups excluding carboxylic acids is 1. The molecule has 0 atom stereocenters. The normalized spacial score (nSPS) is 11.1. The van der Waals surface area contributed by atoms with E-state index in [1.807, 2.05) is 45.9 Å². The van der Waals surface area contributed by atoms with Crippen molar-refractivity contribution in [2.75, 3.05) is 6.61 Å². The molecule has 1 aromatic heterocycles. The van der Waals surface area contributed by atoms with E-state index in [0.717, 1.165) is 28.9 Å². The molecule has 0 radical (unpaired) electrons. The van der Waals surface area contributed by atoms with Crippen molar-refractivity contribution in [3.05, 3.63) is 29.5 Å². The number of aromatic nitrogens is 1.